The molecule has 102 valence electrons. The summed E-state index contributed by atoms with van der Waals surface area (Å²) in [6, 6.07) is 4.11. The largest absolute Gasteiger partial charge is 0.384 e. The number of rotatable bonds is 4. The van der Waals surface area contributed by atoms with Gasteiger partial charge >= 0.3 is 0 Å². The molecule has 1 heterocycles. The standard InChI is InChI=1S/C15H18Br2N2/c1-4-8-18-14-10(5-2)9(3)19-15-12(17)7-6-11(16)13(14)15/h6-7H,4-5,8H2,1-3H3,(H,18,19). The first kappa shape index (κ1) is 14.8. The third-order valence-corrected chi connectivity index (χ3v) is 4.55. The van der Waals surface area contributed by atoms with Crippen molar-refractivity contribution < 1.29 is 0 Å². The number of halogens is 2. The van der Waals surface area contributed by atoms with Crippen molar-refractivity contribution in [3.8, 4) is 0 Å². The quantitative estimate of drug-likeness (QED) is 0.756. The van der Waals surface area contributed by atoms with Crippen LogP contribution in [0, 0.1) is 6.92 Å². The SMILES string of the molecule is CCCNc1c(CC)c(C)nc2c(Br)ccc(Br)c12. The smallest absolute Gasteiger partial charge is 0.0879 e. The van der Waals surface area contributed by atoms with Gasteiger partial charge in [-0.25, -0.2) is 0 Å². The number of nitrogens with one attached hydrogen (secondary N) is 1. The van der Waals surface area contributed by atoms with Crippen molar-refractivity contribution in [3.63, 3.8) is 0 Å². The van der Waals surface area contributed by atoms with E-state index in [2.05, 4.69) is 64.0 Å². The highest BCUT2D eigenvalue weighted by Crippen LogP contribution is 2.37. The second-order valence-corrected chi connectivity index (χ2v) is 6.29. The molecule has 2 rings (SSSR count). The summed E-state index contributed by atoms with van der Waals surface area (Å²) in [6.45, 7) is 7.42. The Morgan fingerprint density at radius 3 is 2.47 bits per heavy atom. The molecule has 2 nitrogen and oxygen atoms in total. The van der Waals surface area contributed by atoms with Gasteiger partial charge in [0.25, 0.3) is 0 Å². The predicted octanol–water partition coefficient (Wildman–Crippen LogP) is 5.45. The third-order valence-electron chi connectivity index (χ3n) is 3.25. The molecule has 0 saturated carbocycles. The molecule has 4 heteroatoms. The lowest BCUT2D eigenvalue weighted by Crippen LogP contribution is -2.07. The van der Waals surface area contributed by atoms with Gasteiger partial charge in [-0.05, 0) is 53.4 Å². The number of hydrogen-bond donors (Lipinski definition) is 1. The Hall–Kier alpha value is -0.610. The molecular formula is C15H18Br2N2. The fourth-order valence-corrected chi connectivity index (χ4v) is 3.27. The molecule has 0 aliphatic heterocycles. The van der Waals surface area contributed by atoms with E-state index in [0.717, 1.165) is 39.5 Å². The summed E-state index contributed by atoms with van der Waals surface area (Å²) in [6.07, 6.45) is 2.09. The molecule has 1 N–H and O–H groups in total. The van der Waals surface area contributed by atoms with Crippen LogP contribution in [0.2, 0.25) is 0 Å². The van der Waals surface area contributed by atoms with Gasteiger partial charge < -0.3 is 5.32 Å². The molecule has 0 atom stereocenters. The number of benzene rings is 1. The Balaban J connectivity index is 2.80. The second-order valence-electron chi connectivity index (χ2n) is 4.58. The molecule has 0 aliphatic rings. The van der Waals surface area contributed by atoms with E-state index >= 15 is 0 Å². The monoisotopic (exact) mass is 384 g/mol. The lowest BCUT2D eigenvalue weighted by Gasteiger charge is -2.17. The van der Waals surface area contributed by atoms with Gasteiger partial charge in [0.05, 0.1) is 5.52 Å². The van der Waals surface area contributed by atoms with Crippen molar-refractivity contribution >= 4 is 48.5 Å². The van der Waals surface area contributed by atoms with Crippen molar-refractivity contribution in [1.82, 2.24) is 4.98 Å². The minimum Gasteiger partial charge on any atom is -0.384 e. The maximum atomic E-state index is 4.76. The van der Waals surface area contributed by atoms with E-state index in [1.165, 1.54) is 16.6 Å². The lowest BCUT2D eigenvalue weighted by molar-refractivity contribution is 0.968. The average molecular weight is 386 g/mol. The number of aryl methyl sites for hydroxylation is 1. The fraction of sp³-hybridized carbons (Fsp3) is 0.400. The summed E-state index contributed by atoms with van der Waals surface area (Å²) in [7, 11) is 0. The van der Waals surface area contributed by atoms with Crippen LogP contribution < -0.4 is 5.32 Å². The van der Waals surface area contributed by atoms with E-state index < -0.39 is 0 Å². The Labute approximate surface area is 131 Å². The Morgan fingerprint density at radius 1 is 1.16 bits per heavy atom. The van der Waals surface area contributed by atoms with Crippen molar-refractivity contribution in [1.29, 1.82) is 0 Å². The van der Waals surface area contributed by atoms with Crippen LogP contribution in [0.15, 0.2) is 21.1 Å². The van der Waals surface area contributed by atoms with Gasteiger partial charge in [-0.1, -0.05) is 29.8 Å². The van der Waals surface area contributed by atoms with Crippen molar-refractivity contribution in [2.24, 2.45) is 0 Å². The topological polar surface area (TPSA) is 24.9 Å². The highest BCUT2D eigenvalue weighted by molar-refractivity contribution is 9.11. The van der Waals surface area contributed by atoms with Crippen LogP contribution in [0.4, 0.5) is 5.69 Å². The second kappa shape index (κ2) is 6.23. The van der Waals surface area contributed by atoms with E-state index in [1.54, 1.807) is 0 Å². The Kier molecular flexibility index (Phi) is 4.85. The zero-order valence-electron chi connectivity index (χ0n) is 11.5. The average Bonchev–Trinajstić information content (AvgIpc) is 2.40. The summed E-state index contributed by atoms with van der Waals surface area (Å²) in [5.41, 5.74) is 4.65. The molecule has 1 aromatic heterocycles. The zero-order chi connectivity index (χ0) is 14.0. The van der Waals surface area contributed by atoms with Crippen LogP contribution in [0.5, 0.6) is 0 Å². The number of fused-ring (bicyclic) bond motifs is 1. The van der Waals surface area contributed by atoms with Crippen molar-refractivity contribution in [2.45, 2.75) is 33.6 Å². The summed E-state index contributed by atoms with van der Waals surface area (Å²) in [5, 5.41) is 4.75. The third kappa shape index (κ3) is 2.79. The molecule has 0 fully saturated rings. The predicted molar refractivity (Wildman–Crippen MR) is 90.0 cm³/mol. The first-order chi connectivity index (χ1) is 9.10. The maximum absolute atomic E-state index is 4.76. The molecule has 1 aromatic carbocycles. The molecule has 2 aromatic rings. The number of anilines is 1. The summed E-state index contributed by atoms with van der Waals surface area (Å²) in [4.78, 5) is 4.76. The van der Waals surface area contributed by atoms with Crippen LogP contribution in [0.3, 0.4) is 0 Å². The van der Waals surface area contributed by atoms with Gasteiger partial charge in [0.2, 0.25) is 0 Å². The van der Waals surface area contributed by atoms with Crippen molar-refractivity contribution in [2.75, 3.05) is 11.9 Å². The van der Waals surface area contributed by atoms with E-state index in [-0.39, 0.29) is 0 Å². The van der Waals surface area contributed by atoms with Crippen molar-refractivity contribution in [3.05, 3.63) is 32.3 Å². The van der Waals surface area contributed by atoms with Crippen LogP contribution >= 0.6 is 31.9 Å². The molecule has 0 radical (unpaired) electrons. The Morgan fingerprint density at radius 2 is 1.84 bits per heavy atom. The van der Waals surface area contributed by atoms with E-state index in [1.807, 2.05) is 6.07 Å². The van der Waals surface area contributed by atoms with Crippen LogP contribution in [0.1, 0.15) is 31.5 Å². The summed E-state index contributed by atoms with van der Waals surface area (Å²) >= 11 is 7.26. The number of hydrogen-bond acceptors (Lipinski definition) is 2. The van der Waals surface area contributed by atoms with Crippen LogP contribution in [-0.4, -0.2) is 11.5 Å². The molecule has 0 amide bonds. The van der Waals surface area contributed by atoms with Gasteiger partial charge in [0.15, 0.2) is 0 Å². The highest BCUT2D eigenvalue weighted by Gasteiger charge is 2.15. The minimum atomic E-state index is 0.977. The minimum absolute atomic E-state index is 0.977. The first-order valence-electron chi connectivity index (χ1n) is 6.61. The molecule has 0 unspecified atom stereocenters. The molecule has 0 aliphatic carbocycles. The van der Waals surface area contributed by atoms with E-state index in [0.29, 0.717) is 0 Å². The molecule has 0 spiro atoms. The van der Waals surface area contributed by atoms with Gasteiger partial charge in [0.1, 0.15) is 0 Å². The lowest BCUT2D eigenvalue weighted by atomic mass is 10.0. The van der Waals surface area contributed by atoms with E-state index in [4.69, 9.17) is 4.98 Å². The number of pyridine rings is 1. The number of nitrogens with zero attached hydrogens (tertiary/aromatic N) is 1. The molecule has 0 saturated heterocycles. The number of aromatic nitrogens is 1. The molecule has 19 heavy (non-hydrogen) atoms. The summed E-state index contributed by atoms with van der Waals surface area (Å²) in [5.74, 6) is 0. The normalized spacial score (nSPS) is 11.0. The maximum Gasteiger partial charge on any atom is 0.0879 e. The molecule has 0 bridgehead atoms. The van der Waals surface area contributed by atoms with E-state index in [9.17, 15) is 0 Å². The van der Waals surface area contributed by atoms with Gasteiger partial charge in [0, 0.05) is 32.3 Å². The first-order valence-corrected chi connectivity index (χ1v) is 8.19. The van der Waals surface area contributed by atoms with Crippen LogP contribution in [-0.2, 0) is 6.42 Å². The molecular weight excluding hydrogens is 368 g/mol. The van der Waals surface area contributed by atoms with Crippen LogP contribution in [0.25, 0.3) is 10.9 Å². The fourth-order valence-electron chi connectivity index (χ4n) is 2.33. The summed E-state index contributed by atoms with van der Waals surface area (Å²) < 4.78 is 2.13. The van der Waals surface area contributed by atoms with Gasteiger partial charge in [-0.15, -0.1) is 0 Å². The highest BCUT2D eigenvalue weighted by atomic mass is 79.9. The zero-order valence-corrected chi connectivity index (χ0v) is 14.7. The Bertz CT molecular complexity index is 609. The van der Waals surface area contributed by atoms with Gasteiger partial charge in [-0.3, -0.25) is 4.98 Å². The van der Waals surface area contributed by atoms with Gasteiger partial charge in [-0.2, -0.15) is 0 Å².